The Morgan fingerprint density at radius 1 is 1.24 bits per heavy atom. The third-order valence-electron chi connectivity index (χ3n) is 3.67. The number of hydrogen-bond acceptors (Lipinski definition) is 3. The third-order valence-corrected chi connectivity index (χ3v) is 3.96. The van der Waals surface area contributed by atoms with Crippen molar-refractivity contribution in [3.8, 4) is 0 Å². The molecule has 2 rings (SSSR count). The van der Waals surface area contributed by atoms with Gasteiger partial charge in [0.05, 0.1) is 5.38 Å². The van der Waals surface area contributed by atoms with Crippen molar-refractivity contribution in [2.24, 2.45) is 0 Å². The normalized spacial score (nSPS) is 28.0. The van der Waals surface area contributed by atoms with E-state index in [-0.39, 0.29) is 11.3 Å². The number of likely N-dealkylation sites (N-methyl/N-ethyl adjacent to an activating group) is 1. The summed E-state index contributed by atoms with van der Waals surface area (Å²) in [5, 5.41) is 0.0335. The Kier molecular flexibility index (Phi) is 4.65. The Morgan fingerprint density at radius 2 is 1.94 bits per heavy atom. The van der Waals surface area contributed by atoms with E-state index in [9.17, 15) is 4.79 Å². The first kappa shape index (κ1) is 13.1. The summed E-state index contributed by atoms with van der Waals surface area (Å²) in [6, 6.07) is 0. The minimum atomic E-state index is 0.0335. The first-order chi connectivity index (χ1) is 8.15. The lowest BCUT2D eigenvalue weighted by Gasteiger charge is -2.32. The highest BCUT2D eigenvalue weighted by Gasteiger charge is 2.27. The second kappa shape index (κ2) is 6.03. The molecule has 2 saturated heterocycles. The minimum absolute atomic E-state index is 0.0335. The molecule has 0 aromatic rings. The van der Waals surface area contributed by atoms with E-state index in [1.807, 2.05) is 4.90 Å². The zero-order chi connectivity index (χ0) is 12.3. The molecule has 2 aliphatic heterocycles. The highest BCUT2D eigenvalue weighted by molar-refractivity contribution is 6.22. The average Bonchev–Trinajstić information content (AvgIpc) is 2.60. The van der Waals surface area contributed by atoms with E-state index in [1.54, 1.807) is 0 Å². The summed E-state index contributed by atoms with van der Waals surface area (Å²) < 4.78 is 0. The van der Waals surface area contributed by atoms with Crippen molar-refractivity contribution >= 4 is 17.5 Å². The van der Waals surface area contributed by atoms with Gasteiger partial charge >= 0.3 is 0 Å². The highest BCUT2D eigenvalue weighted by atomic mass is 35.5. The monoisotopic (exact) mass is 259 g/mol. The fourth-order valence-electron chi connectivity index (χ4n) is 2.50. The van der Waals surface area contributed by atoms with Crippen LogP contribution in [0.1, 0.15) is 12.8 Å². The molecule has 2 aliphatic rings. The maximum absolute atomic E-state index is 11.5. The Balaban J connectivity index is 1.61. The molecular weight excluding hydrogens is 238 g/mol. The van der Waals surface area contributed by atoms with Gasteiger partial charge in [-0.2, -0.15) is 0 Å². The van der Waals surface area contributed by atoms with Gasteiger partial charge in [-0.3, -0.25) is 4.79 Å². The molecule has 0 bridgehead atoms. The fourth-order valence-corrected chi connectivity index (χ4v) is 2.80. The van der Waals surface area contributed by atoms with Crippen LogP contribution in [0.2, 0.25) is 0 Å². The van der Waals surface area contributed by atoms with Gasteiger partial charge in [0.1, 0.15) is 0 Å². The molecule has 98 valence electrons. The van der Waals surface area contributed by atoms with Gasteiger partial charge in [-0.05, 0) is 20.0 Å². The summed E-state index contributed by atoms with van der Waals surface area (Å²) in [6.07, 6.45) is 1.59. The van der Waals surface area contributed by atoms with Crippen LogP contribution >= 0.6 is 11.6 Å². The molecule has 0 radical (unpaired) electrons. The fraction of sp³-hybridized carbons (Fsp3) is 0.917. The molecule has 2 heterocycles. The van der Waals surface area contributed by atoms with E-state index >= 15 is 0 Å². The smallest absolute Gasteiger partial charge is 0.224 e. The van der Waals surface area contributed by atoms with Crippen molar-refractivity contribution < 1.29 is 4.79 Å². The van der Waals surface area contributed by atoms with Crippen LogP contribution in [0.4, 0.5) is 0 Å². The summed E-state index contributed by atoms with van der Waals surface area (Å²) in [7, 11) is 2.17. The summed E-state index contributed by atoms with van der Waals surface area (Å²) in [4.78, 5) is 18.3. The molecule has 0 saturated carbocycles. The molecule has 1 amide bonds. The maximum Gasteiger partial charge on any atom is 0.224 e. The number of likely N-dealkylation sites (tertiary alicyclic amines) is 1. The highest BCUT2D eigenvalue weighted by Crippen LogP contribution is 2.16. The van der Waals surface area contributed by atoms with E-state index in [2.05, 4.69) is 16.8 Å². The van der Waals surface area contributed by atoms with E-state index in [1.165, 1.54) is 0 Å². The molecule has 5 heteroatoms. The lowest BCUT2D eigenvalue weighted by Crippen LogP contribution is -2.45. The lowest BCUT2D eigenvalue weighted by molar-refractivity contribution is -0.127. The largest absolute Gasteiger partial charge is 0.341 e. The average molecular weight is 260 g/mol. The Hall–Kier alpha value is -0.320. The van der Waals surface area contributed by atoms with Crippen LogP contribution in [0.25, 0.3) is 0 Å². The molecule has 2 fully saturated rings. The molecule has 0 aromatic heterocycles. The van der Waals surface area contributed by atoms with Crippen LogP contribution in [0, 0.1) is 0 Å². The summed E-state index contributed by atoms with van der Waals surface area (Å²) in [5.74, 6) is 0.225. The van der Waals surface area contributed by atoms with Gasteiger partial charge in [-0.15, -0.1) is 11.6 Å². The molecule has 0 spiro atoms. The van der Waals surface area contributed by atoms with Crippen LogP contribution in [-0.2, 0) is 4.79 Å². The molecule has 0 aliphatic carbocycles. The van der Waals surface area contributed by atoms with Crippen molar-refractivity contribution in [1.82, 2.24) is 14.7 Å². The standard InChI is InChI=1S/C12H22ClN3O/c1-14-5-7-15(8-6-14)3-2-4-16-10-11(13)9-12(16)17/h11H,2-10H2,1H3. The quantitative estimate of drug-likeness (QED) is 0.687. The van der Waals surface area contributed by atoms with Gasteiger partial charge in [-0.1, -0.05) is 0 Å². The van der Waals surface area contributed by atoms with Crippen LogP contribution in [-0.4, -0.2) is 78.8 Å². The number of nitrogens with zero attached hydrogens (tertiary/aromatic N) is 3. The van der Waals surface area contributed by atoms with Crippen LogP contribution in [0.5, 0.6) is 0 Å². The topological polar surface area (TPSA) is 26.8 Å². The second-order valence-corrected chi connectivity index (χ2v) is 5.76. The van der Waals surface area contributed by atoms with Crippen molar-refractivity contribution in [2.75, 3.05) is 52.9 Å². The van der Waals surface area contributed by atoms with E-state index in [0.717, 1.165) is 52.2 Å². The first-order valence-electron chi connectivity index (χ1n) is 6.48. The molecule has 1 atom stereocenters. The predicted octanol–water partition coefficient (Wildman–Crippen LogP) is 0.464. The number of carbonyl (C=O) groups excluding carboxylic acids is 1. The van der Waals surface area contributed by atoms with Gasteiger partial charge in [0.25, 0.3) is 0 Å². The molecule has 17 heavy (non-hydrogen) atoms. The van der Waals surface area contributed by atoms with Crippen molar-refractivity contribution in [2.45, 2.75) is 18.2 Å². The van der Waals surface area contributed by atoms with Gasteiger partial charge in [0.15, 0.2) is 0 Å². The summed E-state index contributed by atoms with van der Waals surface area (Å²) in [5.41, 5.74) is 0. The lowest BCUT2D eigenvalue weighted by atomic mass is 10.3. The van der Waals surface area contributed by atoms with E-state index < -0.39 is 0 Å². The third kappa shape index (κ3) is 3.83. The maximum atomic E-state index is 11.5. The Labute approximate surface area is 108 Å². The van der Waals surface area contributed by atoms with Gasteiger partial charge < -0.3 is 14.7 Å². The number of alkyl halides is 1. The zero-order valence-corrected chi connectivity index (χ0v) is 11.3. The number of amides is 1. The molecule has 4 nitrogen and oxygen atoms in total. The number of rotatable bonds is 4. The van der Waals surface area contributed by atoms with Crippen LogP contribution in [0.3, 0.4) is 0 Å². The molecular formula is C12H22ClN3O. The minimum Gasteiger partial charge on any atom is -0.341 e. The van der Waals surface area contributed by atoms with Crippen LogP contribution in [0.15, 0.2) is 0 Å². The van der Waals surface area contributed by atoms with Gasteiger partial charge in [-0.25, -0.2) is 0 Å². The van der Waals surface area contributed by atoms with Crippen LogP contribution < -0.4 is 0 Å². The van der Waals surface area contributed by atoms with Crippen molar-refractivity contribution in [1.29, 1.82) is 0 Å². The molecule has 1 unspecified atom stereocenters. The zero-order valence-electron chi connectivity index (χ0n) is 10.6. The SMILES string of the molecule is CN1CCN(CCCN2CC(Cl)CC2=O)CC1. The van der Waals surface area contributed by atoms with Crippen molar-refractivity contribution in [3.05, 3.63) is 0 Å². The van der Waals surface area contributed by atoms with Crippen molar-refractivity contribution in [3.63, 3.8) is 0 Å². The first-order valence-corrected chi connectivity index (χ1v) is 6.91. The molecule has 0 aromatic carbocycles. The second-order valence-electron chi connectivity index (χ2n) is 5.14. The molecule has 0 N–H and O–H groups in total. The Bertz CT molecular complexity index is 266. The number of piperazine rings is 1. The number of carbonyl (C=O) groups is 1. The van der Waals surface area contributed by atoms with Gasteiger partial charge in [0.2, 0.25) is 5.91 Å². The predicted molar refractivity (Wildman–Crippen MR) is 69.4 cm³/mol. The number of halogens is 1. The van der Waals surface area contributed by atoms with E-state index in [4.69, 9.17) is 11.6 Å². The van der Waals surface area contributed by atoms with Gasteiger partial charge in [0, 0.05) is 45.7 Å². The van der Waals surface area contributed by atoms with E-state index in [0.29, 0.717) is 6.42 Å². The summed E-state index contributed by atoms with van der Waals surface area (Å²) in [6.45, 7) is 7.34. The Morgan fingerprint density at radius 3 is 2.53 bits per heavy atom. The summed E-state index contributed by atoms with van der Waals surface area (Å²) >= 11 is 5.97. The number of hydrogen-bond donors (Lipinski definition) is 0.